The van der Waals surface area contributed by atoms with Gasteiger partial charge in [0, 0.05) is 39.3 Å². The molecule has 0 bridgehead atoms. The Bertz CT molecular complexity index is 3890. The Hall–Kier alpha value is -8.98. The highest BCUT2D eigenvalue weighted by molar-refractivity contribution is 6.02. The first-order valence-corrected chi connectivity index (χ1v) is 25.2. The van der Waals surface area contributed by atoms with Crippen molar-refractivity contribution in [2.45, 2.75) is 24.7 Å². The zero-order chi connectivity index (χ0) is 48.0. The van der Waals surface area contributed by atoms with Crippen molar-refractivity contribution in [3.05, 3.63) is 300 Å². The van der Waals surface area contributed by atoms with Crippen LogP contribution >= 0.6 is 0 Å². The van der Waals surface area contributed by atoms with Crippen molar-refractivity contribution in [2.24, 2.45) is 0 Å². The minimum Gasteiger partial charge on any atom is -0.310 e. The van der Waals surface area contributed by atoms with Crippen LogP contribution in [0.25, 0.3) is 55.6 Å². The maximum atomic E-state index is 2.53. The second kappa shape index (κ2) is 16.3. The number of para-hydroxylation sites is 2. The van der Waals surface area contributed by atoms with Gasteiger partial charge < -0.3 is 9.80 Å². The first kappa shape index (κ1) is 41.9. The van der Waals surface area contributed by atoms with Crippen LogP contribution in [0.3, 0.4) is 0 Å². The molecule has 2 nitrogen and oxygen atoms in total. The van der Waals surface area contributed by atoms with Crippen molar-refractivity contribution in [3.8, 4) is 55.6 Å². The predicted molar refractivity (Wildman–Crippen MR) is 301 cm³/mol. The van der Waals surface area contributed by atoms with Crippen molar-refractivity contribution in [3.63, 3.8) is 0 Å². The quantitative estimate of drug-likeness (QED) is 0.150. The average Bonchev–Trinajstić information content (AvgIpc) is 4.00. The zero-order valence-corrected chi connectivity index (χ0v) is 40.3. The van der Waals surface area contributed by atoms with Gasteiger partial charge in [-0.05, 0) is 139 Å². The van der Waals surface area contributed by atoms with Gasteiger partial charge in [-0.3, -0.25) is 0 Å². The molecule has 0 saturated carbocycles. The van der Waals surface area contributed by atoms with Crippen LogP contribution < -0.4 is 9.80 Å². The third kappa shape index (κ3) is 6.15. The van der Waals surface area contributed by atoms with Crippen molar-refractivity contribution in [1.29, 1.82) is 0 Å². The fraction of sp³-hybridized carbons (Fsp3) is 0.0571. The second-order valence-electron chi connectivity index (χ2n) is 20.0. The normalized spacial score (nSPS) is 15.0. The molecule has 1 unspecified atom stereocenters. The smallest absolute Gasteiger partial charge is 0.0727 e. The Morgan fingerprint density at radius 2 is 0.667 bits per heavy atom. The van der Waals surface area contributed by atoms with Crippen molar-refractivity contribution in [2.75, 3.05) is 9.80 Å². The molecule has 340 valence electrons. The lowest BCUT2D eigenvalue weighted by atomic mass is 9.70. The molecular formula is C70H50N2. The zero-order valence-electron chi connectivity index (χ0n) is 40.3. The lowest BCUT2D eigenvalue weighted by molar-refractivity contribution is 0.660. The molecule has 0 amide bonds. The van der Waals surface area contributed by atoms with Gasteiger partial charge in [0.2, 0.25) is 0 Å². The Kier molecular flexibility index (Phi) is 9.50. The number of hydrogen-bond donors (Lipinski definition) is 0. The molecule has 3 aliphatic rings. The van der Waals surface area contributed by atoms with Gasteiger partial charge in [0.15, 0.2) is 0 Å². The molecule has 0 radical (unpaired) electrons. The maximum Gasteiger partial charge on any atom is 0.0727 e. The Morgan fingerprint density at radius 1 is 0.250 bits per heavy atom. The number of hydrogen-bond acceptors (Lipinski definition) is 2. The fourth-order valence-electron chi connectivity index (χ4n) is 12.7. The van der Waals surface area contributed by atoms with Crippen LogP contribution in [-0.4, -0.2) is 0 Å². The third-order valence-corrected chi connectivity index (χ3v) is 15.9. The Balaban J connectivity index is 1.01. The largest absolute Gasteiger partial charge is 0.310 e. The van der Waals surface area contributed by atoms with E-state index in [2.05, 4.69) is 291 Å². The summed E-state index contributed by atoms with van der Waals surface area (Å²) >= 11 is 0. The van der Waals surface area contributed by atoms with Gasteiger partial charge in [0.1, 0.15) is 0 Å². The lowest BCUT2D eigenvalue weighted by Crippen LogP contribution is -2.26. The van der Waals surface area contributed by atoms with E-state index in [9.17, 15) is 0 Å². The average molecular weight is 919 g/mol. The molecule has 0 saturated heterocycles. The van der Waals surface area contributed by atoms with E-state index in [4.69, 9.17) is 0 Å². The van der Waals surface area contributed by atoms with Crippen molar-refractivity contribution in [1.82, 2.24) is 0 Å². The van der Waals surface area contributed by atoms with Crippen LogP contribution in [-0.2, 0) is 10.8 Å². The molecule has 72 heavy (non-hydrogen) atoms. The minimum absolute atomic E-state index is 0.162. The summed E-state index contributed by atoms with van der Waals surface area (Å²) in [5, 5.41) is 0. The Morgan fingerprint density at radius 3 is 1.35 bits per heavy atom. The van der Waals surface area contributed by atoms with Gasteiger partial charge in [-0.25, -0.2) is 0 Å². The lowest BCUT2D eigenvalue weighted by Gasteiger charge is -2.33. The number of fused-ring (bicyclic) bond motifs is 13. The van der Waals surface area contributed by atoms with Gasteiger partial charge in [-0.2, -0.15) is 0 Å². The molecule has 0 heterocycles. The van der Waals surface area contributed by atoms with Crippen molar-refractivity contribution < 1.29 is 0 Å². The minimum atomic E-state index is -0.602. The van der Waals surface area contributed by atoms with E-state index < -0.39 is 5.41 Å². The van der Waals surface area contributed by atoms with Crippen LogP contribution in [0.2, 0.25) is 0 Å². The molecule has 2 heteroatoms. The molecule has 3 aliphatic carbocycles. The molecule has 0 aliphatic heterocycles. The highest BCUT2D eigenvalue weighted by Gasteiger charge is 2.53. The predicted octanol–water partition coefficient (Wildman–Crippen LogP) is 18.6. The first-order chi connectivity index (χ1) is 35.5. The number of benzene rings is 11. The molecule has 11 aromatic carbocycles. The molecule has 11 aromatic rings. The van der Waals surface area contributed by atoms with Gasteiger partial charge in [0.25, 0.3) is 0 Å². The highest BCUT2D eigenvalue weighted by Crippen LogP contribution is 2.65. The molecule has 0 N–H and O–H groups in total. The Labute approximate surface area is 422 Å². The van der Waals surface area contributed by atoms with Crippen LogP contribution in [0.4, 0.5) is 34.1 Å². The van der Waals surface area contributed by atoms with Crippen LogP contribution in [0.5, 0.6) is 0 Å². The summed E-state index contributed by atoms with van der Waals surface area (Å²) in [5.74, 6) is 0. The molecule has 0 fully saturated rings. The SMILES string of the molecule is CC1(C)c2ccccc2-c2ccc(N(c3ccc(-c4ccccc4)cc3)c3cccc4c3-c3ccccc3C43c4ccccc4-c4ccc(N(c5ccccc5)c5ccccc5-c5ccccc5)cc43)cc21. The summed E-state index contributed by atoms with van der Waals surface area (Å²) < 4.78 is 0. The van der Waals surface area contributed by atoms with E-state index in [1.165, 1.54) is 89.0 Å². The van der Waals surface area contributed by atoms with Gasteiger partial charge in [0.05, 0.1) is 16.8 Å². The molecule has 1 spiro atoms. The summed E-state index contributed by atoms with van der Waals surface area (Å²) in [4.78, 5) is 4.98. The molecule has 0 aromatic heterocycles. The number of anilines is 6. The summed E-state index contributed by atoms with van der Waals surface area (Å²) in [6.45, 7) is 4.76. The fourth-order valence-corrected chi connectivity index (χ4v) is 12.7. The standard InChI is InChI=1S/C70H50N2/c1-69(2)60-31-16-12-28-55(60)57-43-41-52(45-64(57)69)72(51-39-37-48(38-40-51)47-21-6-3-7-22-47)67-36-20-34-63-68(67)59-30-14-18-33-62(59)70(63)61-32-17-13-29-56(61)58-44-42-53(46-65(58)70)71(50-25-10-5-11-26-50)66-35-19-15-27-54(66)49-23-8-4-9-24-49/h3-46H,1-2H3. The van der Waals surface area contributed by atoms with E-state index in [-0.39, 0.29) is 5.41 Å². The van der Waals surface area contributed by atoms with Gasteiger partial charge in [-0.15, -0.1) is 0 Å². The summed E-state index contributed by atoms with van der Waals surface area (Å²) in [5.41, 5.74) is 26.3. The summed E-state index contributed by atoms with van der Waals surface area (Å²) in [6, 6.07) is 99.1. The van der Waals surface area contributed by atoms with Crippen LogP contribution in [0.15, 0.2) is 267 Å². The molecule has 14 rings (SSSR count). The monoisotopic (exact) mass is 918 g/mol. The molecule has 1 atom stereocenters. The second-order valence-corrected chi connectivity index (χ2v) is 20.0. The molecular weight excluding hydrogens is 869 g/mol. The maximum absolute atomic E-state index is 2.53. The summed E-state index contributed by atoms with van der Waals surface area (Å²) in [6.07, 6.45) is 0. The van der Waals surface area contributed by atoms with E-state index in [0.717, 1.165) is 34.1 Å². The topological polar surface area (TPSA) is 6.48 Å². The van der Waals surface area contributed by atoms with Gasteiger partial charge in [-0.1, -0.05) is 220 Å². The first-order valence-electron chi connectivity index (χ1n) is 25.2. The van der Waals surface area contributed by atoms with E-state index in [1.54, 1.807) is 0 Å². The summed E-state index contributed by atoms with van der Waals surface area (Å²) in [7, 11) is 0. The van der Waals surface area contributed by atoms with Crippen LogP contribution in [0, 0.1) is 0 Å². The number of rotatable bonds is 8. The third-order valence-electron chi connectivity index (χ3n) is 15.9. The van der Waals surface area contributed by atoms with Crippen molar-refractivity contribution >= 4 is 34.1 Å². The van der Waals surface area contributed by atoms with E-state index >= 15 is 0 Å². The van der Waals surface area contributed by atoms with E-state index in [1.807, 2.05) is 0 Å². The highest BCUT2D eigenvalue weighted by atomic mass is 15.2. The van der Waals surface area contributed by atoms with Gasteiger partial charge >= 0.3 is 0 Å². The number of nitrogens with zero attached hydrogens (tertiary/aromatic N) is 2. The van der Waals surface area contributed by atoms with E-state index in [0.29, 0.717) is 0 Å². The van der Waals surface area contributed by atoms with Crippen LogP contribution in [0.1, 0.15) is 47.2 Å².